The Labute approximate surface area is 120 Å². The van der Waals surface area contributed by atoms with Crippen LogP contribution in [-0.2, 0) is 4.79 Å². The minimum atomic E-state index is -0.824. The lowest BCUT2D eigenvalue weighted by Crippen LogP contribution is -2.46. The molecule has 0 aliphatic heterocycles. The highest BCUT2D eigenvalue weighted by Crippen LogP contribution is 2.22. The van der Waals surface area contributed by atoms with Crippen molar-refractivity contribution in [1.29, 1.82) is 0 Å². The van der Waals surface area contributed by atoms with Gasteiger partial charge in [0.1, 0.15) is 0 Å². The smallest absolute Gasteiger partial charge is 0.317 e. The molecule has 2 atom stereocenters. The SMILES string of the molecule is CN(C(=O)NC1C=CC(C(=O)O)C1)C1CCCCCC1. The zero-order valence-electron chi connectivity index (χ0n) is 12.0. The molecule has 0 aromatic rings. The van der Waals surface area contributed by atoms with Gasteiger partial charge in [0.25, 0.3) is 0 Å². The molecule has 112 valence electrons. The largest absolute Gasteiger partial charge is 0.481 e. The Balaban J connectivity index is 1.82. The number of amides is 2. The quantitative estimate of drug-likeness (QED) is 0.616. The molecule has 5 heteroatoms. The lowest BCUT2D eigenvalue weighted by Gasteiger charge is -2.28. The van der Waals surface area contributed by atoms with E-state index in [4.69, 9.17) is 5.11 Å². The van der Waals surface area contributed by atoms with E-state index in [1.54, 1.807) is 17.1 Å². The van der Waals surface area contributed by atoms with Crippen LogP contribution in [0.2, 0.25) is 0 Å². The molecular weight excluding hydrogens is 256 g/mol. The number of urea groups is 1. The maximum atomic E-state index is 12.2. The number of carboxylic acids is 1. The molecular formula is C15H24N2O3. The number of carboxylic acid groups (broad SMARTS) is 1. The van der Waals surface area contributed by atoms with Gasteiger partial charge in [0, 0.05) is 13.1 Å². The van der Waals surface area contributed by atoms with E-state index in [9.17, 15) is 9.59 Å². The Kier molecular flexibility index (Phi) is 5.04. The van der Waals surface area contributed by atoms with Crippen LogP contribution in [0.1, 0.15) is 44.9 Å². The average molecular weight is 280 g/mol. The fraction of sp³-hybridized carbons (Fsp3) is 0.733. The first-order valence-electron chi connectivity index (χ1n) is 7.52. The summed E-state index contributed by atoms with van der Waals surface area (Å²) in [5.74, 6) is -1.29. The maximum Gasteiger partial charge on any atom is 0.317 e. The van der Waals surface area contributed by atoms with Crippen molar-refractivity contribution in [2.75, 3.05) is 7.05 Å². The lowest BCUT2D eigenvalue weighted by molar-refractivity contribution is -0.140. The van der Waals surface area contributed by atoms with Gasteiger partial charge >= 0.3 is 12.0 Å². The summed E-state index contributed by atoms with van der Waals surface area (Å²) < 4.78 is 0. The van der Waals surface area contributed by atoms with Crippen LogP contribution in [-0.4, -0.2) is 41.1 Å². The number of nitrogens with one attached hydrogen (secondary N) is 1. The molecule has 2 amide bonds. The minimum Gasteiger partial charge on any atom is -0.481 e. The van der Waals surface area contributed by atoms with Gasteiger partial charge in [0.15, 0.2) is 0 Å². The summed E-state index contributed by atoms with van der Waals surface area (Å²) in [6, 6.07) is 0.0765. The Morgan fingerprint density at radius 2 is 1.80 bits per heavy atom. The fourth-order valence-corrected chi connectivity index (χ4v) is 3.06. The highest BCUT2D eigenvalue weighted by molar-refractivity contribution is 5.76. The van der Waals surface area contributed by atoms with E-state index >= 15 is 0 Å². The fourth-order valence-electron chi connectivity index (χ4n) is 3.06. The molecule has 0 aromatic heterocycles. The summed E-state index contributed by atoms with van der Waals surface area (Å²) in [7, 11) is 1.85. The Bertz CT molecular complexity index is 387. The average Bonchev–Trinajstić information content (AvgIpc) is 2.72. The second-order valence-corrected chi connectivity index (χ2v) is 5.88. The Hall–Kier alpha value is -1.52. The molecule has 0 heterocycles. The van der Waals surface area contributed by atoms with Crippen LogP contribution in [0, 0.1) is 5.92 Å². The summed E-state index contributed by atoms with van der Waals surface area (Å²) in [5.41, 5.74) is 0. The molecule has 2 unspecified atom stereocenters. The molecule has 2 aliphatic rings. The number of hydrogen-bond donors (Lipinski definition) is 2. The van der Waals surface area contributed by atoms with Crippen molar-refractivity contribution >= 4 is 12.0 Å². The molecule has 20 heavy (non-hydrogen) atoms. The van der Waals surface area contributed by atoms with E-state index in [0.29, 0.717) is 12.5 Å². The van der Waals surface area contributed by atoms with Gasteiger partial charge in [0.2, 0.25) is 0 Å². The van der Waals surface area contributed by atoms with Crippen LogP contribution >= 0.6 is 0 Å². The van der Waals surface area contributed by atoms with E-state index < -0.39 is 11.9 Å². The van der Waals surface area contributed by atoms with Crippen LogP contribution in [0.3, 0.4) is 0 Å². The lowest BCUT2D eigenvalue weighted by atomic mass is 10.1. The van der Waals surface area contributed by atoms with E-state index in [2.05, 4.69) is 5.32 Å². The number of carbonyl (C=O) groups is 2. The second-order valence-electron chi connectivity index (χ2n) is 5.88. The van der Waals surface area contributed by atoms with Gasteiger partial charge in [-0.1, -0.05) is 37.8 Å². The number of rotatable bonds is 3. The third kappa shape index (κ3) is 3.74. The van der Waals surface area contributed by atoms with E-state index in [1.807, 2.05) is 7.05 Å². The predicted octanol–water partition coefficient (Wildman–Crippen LogP) is 2.38. The summed E-state index contributed by atoms with van der Waals surface area (Å²) in [6.07, 6.45) is 11.0. The normalized spacial score (nSPS) is 27.1. The van der Waals surface area contributed by atoms with Gasteiger partial charge < -0.3 is 15.3 Å². The summed E-state index contributed by atoms with van der Waals surface area (Å²) in [4.78, 5) is 24.9. The molecule has 0 spiro atoms. The van der Waals surface area contributed by atoms with E-state index in [1.165, 1.54) is 25.7 Å². The summed E-state index contributed by atoms with van der Waals surface area (Å²) >= 11 is 0. The zero-order chi connectivity index (χ0) is 14.5. The van der Waals surface area contributed by atoms with E-state index in [0.717, 1.165) is 12.8 Å². The topological polar surface area (TPSA) is 69.6 Å². The van der Waals surface area contributed by atoms with Gasteiger partial charge in [-0.05, 0) is 19.3 Å². The number of nitrogens with zero attached hydrogens (tertiary/aromatic N) is 1. The molecule has 0 radical (unpaired) electrons. The van der Waals surface area contributed by atoms with Crippen LogP contribution in [0.25, 0.3) is 0 Å². The summed E-state index contributed by atoms with van der Waals surface area (Å²) in [6.45, 7) is 0. The minimum absolute atomic E-state index is 0.0856. The predicted molar refractivity (Wildman–Crippen MR) is 76.5 cm³/mol. The second kappa shape index (κ2) is 6.77. The van der Waals surface area contributed by atoms with Crippen molar-refractivity contribution in [1.82, 2.24) is 10.2 Å². The van der Waals surface area contributed by atoms with Crippen molar-refractivity contribution in [3.8, 4) is 0 Å². The molecule has 0 aromatic carbocycles. The van der Waals surface area contributed by atoms with Crippen molar-refractivity contribution in [2.24, 2.45) is 5.92 Å². The first-order valence-corrected chi connectivity index (χ1v) is 7.52. The van der Waals surface area contributed by atoms with Gasteiger partial charge in [-0.25, -0.2) is 4.79 Å². The number of aliphatic carboxylic acids is 1. The zero-order valence-corrected chi connectivity index (χ0v) is 12.0. The van der Waals surface area contributed by atoms with Crippen LogP contribution in [0.4, 0.5) is 4.79 Å². The molecule has 0 bridgehead atoms. The molecule has 1 saturated carbocycles. The number of carbonyl (C=O) groups excluding carboxylic acids is 1. The first-order chi connectivity index (χ1) is 9.58. The molecule has 0 saturated heterocycles. The van der Waals surface area contributed by atoms with Gasteiger partial charge in [0.05, 0.1) is 12.0 Å². The van der Waals surface area contributed by atoms with Crippen molar-refractivity contribution in [3.63, 3.8) is 0 Å². The third-order valence-electron chi connectivity index (χ3n) is 4.40. The molecule has 5 nitrogen and oxygen atoms in total. The van der Waals surface area contributed by atoms with Crippen LogP contribution in [0.5, 0.6) is 0 Å². The number of hydrogen-bond acceptors (Lipinski definition) is 2. The molecule has 2 aliphatic carbocycles. The Morgan fingerprint density at radius 3 is 2.35 bits per heavy atom. The van der Waals surface area contributed by atoms with Crippen LogP contribution < -0.4 is 5.32 Å². The first kappa shape index (κ1) is 14.9. The molecule has 2 rings (SSSR count). The van der Waals surface area contributed by atoms with Crippen molar-refractivity contribution in [3.05, 3.63) is 12.2 Å². The monoisotopic (exact) mass is 280 g/mol. The van der Waals surface area contributed by atoms with Crippen molar-refractivity contribution in [2.45, 2.75) is 57.0 Å². The highest BCUT2D eigenvalue weighted by Gasteiger charge is 2.27. The van der Waals surface area contributed by atoms with Crippen LogP contribution in [0.15, 0.2) is 12.2 Å². The standard InChI is InChI=1S/C15H24N2O3/c1-17(13-6-4-2-3-5-7-13)15(20)16-12-9-8-11(10-12)14(18)19/h8-9,11-13H,2-7,10H2,1H3,(H,16,20)(H,18,19). The maximum absolute atomic E-state index is 12.2. The van der Waals surface area contributed by atoms with Gasteiger partial charge in [-0.3, -0.25) is 4.79 Å². The van der Waals surface area contributed by atoms with Gasteiger partial charge in [-0.15, -0.1) is 0 Å². The third-order valence-corrected chi connectivity index (χ3v) is 4.40. The Morgan fingerprint density at radius 1 is 1.15 bits per heavy atom. The van der Waals surface area contributed by atoms with E-state index in [-0.39, 0.29) is 12.1 Å². The van der Waals surface area contributed by atoms with Crippen molar-refractivity contribution < 1.29 is 14.7 Å². The molecule has 2 N–H and O–H groups in total. The molecule has 1 fully saturated rings. The highest BCUT2D eigenvalue weighted by atomic mass is 16.4. The van der Waals surface area contributed by atoms with Gasteiger partial charge in [-0.2, -0.15) is 0 Å². The summed E-state index contributed by atoms with van der Waals surface area (Å²) in [5, 5.41) is 11.9.